The average Bonchev–Trinajstić information content (AvgIpc) is 3.38. The van der Waals surface area contributed by atoms with Gasteiger partial charge < -0.3 is 19.6 Å². The third kappa shape index (κ3) is 4.56. The molecule has 31 heavy (non-hydrogen) atoms. The zero-order valence-corrected chi connectivity index (χ0v) is 17.3. The molecule has 2 N–H and O–H groups in total. The third-order valence-electron chi connectivity index (χ3n) is 5.03. The minimum absolute atomic E-state index is 0.212. The highest BCUT2D eigenvalue weighted by Gasteiger charge is 2.17. The lowest BCUT2D eigenvalue weighted by Crippen LogP contribution is -2.15. The van der Waals surface area contributed by atoms with E-state index in [4.69, 9.17) is 4.42 Å². The second kappa shape index (κ2) is 8.71. The lowest BCUT2D eigenvalue weighted by atomic mass is 10.2. The van der Waals surface area contributed by atoms with Gasteiger partial charge in [-0.3, -0.25) is 14.6 Å². The maximum atomic E-state index is 12.9. The van der Waals surface area contributed by atoms with Gasteiger partial charge in [-0.1, -0.05) is 6.07 Å². The molecule has 0 radical (unpaired) electrons. The Morgan fingerprint density at radius 1 is 0.935 bits per heavy atom. The number of furan rings is 1. The van der Waals surface area contributed by atoms with Crippen LogP contribution < -0.4 is 10.6 Å². The van der Waals surface area contributed by atoms with E-state index < -0.39 is 0 Å². The normalized spacial score (nSPS) is 10.6. The summed E-state index contributed by atoms with van der Waals surface area (Å²) in [7, 11) is 0. The van der Waals surface area contributed by atoms with Crippen LogP contribution in [-0.4, -0.2) is 21.4 Å². The van der Waals surface area contributed by atoms with Gasteiger partial charge in [0.05, 0.1) is 18.4 Å². The highest BCUT2D eigenvalue weighted by Crippen LogP contribution is 2.21. The number of anilines is 2. The number of hydrogen-bond acceptors (Lipinski definition) is 4. The van der Waals surface area contributed by atoms with Gasteiger partial charge in [0, 0.05) is 40.7 Å². The van der Waals surface area contributed by atoms with Crippen molar-refractivity contribution in [3.05, 3.63) is 102 Å². The molecule has 0 atom stereocenters. The Balaban J connectivity index is 1.48. The molecule has 0 spiro atoms. The highest BCUT2D eigenvalue weighted by molar-refractivity contribution is 6.07. The van der Waals surface area contributed by atoms with Crippen LogP contribution in [0.15, 0.2) is 77.7 Å². The van der Waals surface area contributed by atoms with Crippen molar-refractivity contribution in [2.75, 3.05) is 10.6 Å². The molecule has 4 aromatic rings. The fraction of sp³-hybridized carbons (Fsp3) is 0.125. The zero-order valence-electron chi connectivity index (χ0n) is 17.3. The molecule has 7 nitrogen and oxygen atoms in total. The lowest BCUT2D eigenvalue weighted by Gasteiger charge is -2.10. The lowest BCUT2D eigenvalue weighted by molar-refractivity contribution is 0.101. The van der Waals surface area contributed by atoms with E-state index in [-0.39, 0.29) is 11.8 Å². The van der Waals surface area contributed by atoms with Crippen molar-refractivity contribution < 1.29 is 14.0 Å². The van der Waals surface area contributed by atoms with Crippen molar-refractivity contribution >= 4 is 23.2 Å². The Hall–Kier alpha value is -4.13. The molecule has 0 unspecified atom stereocenters. The Labute approximate surface area is 179 Å². The summed E-state index contributed by atoms with van der Waals surface area (Å²) < 4.78 is 7.47. The predicted octanol–water partition coefficient (Wildman–Crippen LogP) is 4.65. The smallest absolute Gasteiger partial charge is 0.257 e. The number of carbonyl (C=O) groups is 2. The summed E-state index contributed by atoms with van der Waals surface area (Å²) in [6, 6.07) is 15.9. The number of hydrogen-bond donors (Lipinski definition) is 2. The summed E-state index contributed by atoms with van der Waals surface area (Å²) in [6.07, 6.45) is 4.76. The SMILES string of the molecule is Cc1cc(C(=O)Nc2cccc(NC(=O)c3ccncc3)c2)c(C)n1Cc1ccco1. The molecule has 0 bridgehead atoms. The van der Waals surface area contributed by atoms with Gasteiger partial charge in [0.25, 0.3) is 11.8 Å². The Bertz CT molecular complexity index is 1210. The average molecular weight is 414 g/mol. The molecule has 1 aromatic carbocycles. The summed E-state index contributed by atoms with van der Waals surface area (Å²) in [5.74, 6) is 0.371. The van der Waals surface area contributed by atoms with E-state index in [2.05, 4.69) is 15.6 Å². The number of nitrogens with zero attached hydrogens (tertiary/aromatic N) is 2. The quantitative estimate of drug-likeness (QED) is 0.481. The van der Waals surface area contributed by atoms with Gasteiger partial charge in [0.2, 0.25) is 0 Å². The molecule has 156 valence electrons. The molecular weight excluding hydrogens is 392 g/mol. The summed E-state index contributed by atoms with van der Waals surface area (Å²) >= 11 is 0. The maximum Gasteiger partial charge on any atom is 0.257 e. The minimum Gasteiger partial charge on any atom is -0.467 e. The maximum absolute atomic E-state index is 12.9. The predicted molar refractivity (Wildman–Crippen MR) is 118 cm³/mol. The fourth-order valence-corrected chi connectivity index (χ4v) is 3.41. The molecule has 3 aromatic heterocycles. The number of aromatic nitrogens is 2. The molecule has 3 heterocycles. The van der Waals surface area contributed by atoms with Crippen molar-refractivity contribution in [2.45, 2.75) is 20.4 Å². The molecule has 0 aliphatic rings. The van der Waals surface area contributed by atoms with E-state index in [1.54, 1.807) is 55.1 Å². The molecular formula is C24H22N4O3. The van der Waals surface area contributed by atoms with Crippen molar-refractivity contribution in [1.29, 1.82) is 0 Å². The van der Waals surface area contributed by atoms with Crippen LogP contribution in [0.3, 0.4) is 0 Å². The van der Waals surface area contributed by atoms with Crippen LogP contribution >= 0.6 is 0 Å². The minimum atomic E-state index is -0.243. The molecule has 4 rings (SSSR count). The first-order chi connectivity index (χ1) is 15.0. The standard InChI is InChI=1S/C24H22N4O3/c1-16-13-22(17(2)28(16)15-21-7-4-12-31-21)24(30)27-20-6-3-5-19(14-20)26-23(29)18-8-10-25-11-9-18/h3-14H,15H2,1-2H3,(H,26,29)(H,27,30). The zero-order chi connectivity index (χ0) is 21.8. The molecule has 0 saturated carbocycles. The van der Waals surface area contributed by atoms with Gasteiger partial charge in [0.1, 0.15) is 5.76 Å². The van der Waals surface area contributed by atoms with E-state index in [0.717, 1.165) is 17.1 Å². The van der Waals surface area contributed by atoms with Crippen LogP contribution in [0, 0.1) is 13.8 Å². The number of amides is 2. The number of aryl methyl sites for hydroxylation is 1. The van der Waals surface area contributed by atoms with Gasteiger partial charge in [-0.15, -0.1) is 0 Å². The number of pyridine rings is 1. The van der Waals surface area contributed by atoms with E-state index in [1.807, 2.05) is 36.6 Å². The van der Waals surface area contributed by atoms with E-state index >= 15 is 0 Å². The molecule has 0 saturated heterocycles. The topological polar surface area (TPSA) is 89.2 Å². The van der Waals surface area contributed by atoms with Crippen LogP contribution in [-0.2, 0) is 6.54 Å². The summed E-state index contributed by atoms with van der Waals surface area (Å²) in [6.45, 7) is 4.44. The van der Waals surface area contributed by atoms with E-state index in [1.165, 1.54) is 0 Å². The Kier molecular flexibility index (Phi) is 5.66. The number of rotatable bonds is 6. The molecule has 0 aliphatic heterocycles. The van der Waals surface area contributed by atoms with Crippen LogP contribution in [0.4, 0.5) is 11.4 Å². The van der Waals surface area contributed by atoms with Crippen molar-refractivity contribution in [3.8, 4) is 0 Å². The fourth-order valence-electron chi connectivity index (χ4n) is 3.41. The molecule has 0 fully saturated rings. The second-order valence-corrected chi connectivity index (χ2v) is 7.18. The van der Waals surface area contributed by atoms with Gasteiger partial charge >= 0.3 is 0 Å². The molecule has 0 aliphatic carbocycles. The van der Waals surface area contributed by atoms with Crippen molar-refractivity contribution in [3.63, 3.8) is 0 Å². The summed E-state index contributed by atoms with van der Waals surface area (Å²) in [5, 5.41) is 5.74. The first-order valence-electron chi connectivity index (χ1n) is 9.83. The highest BCUT2D eigenvalue weighted by atomic mass is 16.3. The number of benzene rings is 1. The first kappa shape index (κ1) is 20.2. The molecule has 7 heteroatoms. The third-order valence-corrected chi connectivity index (χ3v) is 5.03. The van der Waals surface area contributed by atoms with E-state index in [9.17, 15) is 9.59 Å². The largest absolute Gasteiger partial charge is 0.467 e. The second-order valence-electron chi connectivity index (χ2n) is 7.18. The Morgan fingerprint density at radius 3 is 2.32 bits per heavy atom. The number of nitrogens with one attached hydrogen (secondary N) is 2. The number of carbonyl (C=O) groups excluding carboxylic acids is 2. The van der Waals surface area contributed by atoms with Crippen LogP contribution in [0.1, 0.15) is 37.9 Å². The Morgan fingerprint density at radius 2 is 1.65 bits per heavy atom. The molecule has 2 amide bonds. The van der Waals surface area contributed by atoms with Gasteiger partial charge in [-0.2, -0.15) is 0 Å². The van der Waals surface area contributed by atoms with Crippen LogP contribution in [0.2, 0.25) is 0 Å². The summed E-state index contributed by atoms with van der Waals surface area (Å²) in [4.78, 5) is 29.2. The van der Waals surface area contributed by atoms with Crippen molar-refractivity contribution in [2.24, 2.45) is 0 Å². The van der Waals surface area contributed by atoms with Gasteiger partial charge in [-0.05, 0) is 62.4 Å². The van der Waals surface area contributed by atoms with Crippen LogP contribution in [0.5, 0.6) is 0 Å². The summed E-state index contributed by atoms with van der Waals surface area (Å²) in [5.41, 5.74) is 4.10. The van der Waals surface area contributed by atoms with Gasteiger partial charge in [0.15, 0.2) is 0 Å². The van der Waals surface area contributed by atoms with Crippen LogP contribution in [0.25, 0.3) is 0 Å². The monoisotopic (exact) mass is 414 g/mol. The van der Waals surface area contributed by atoms with Crippen molar-refractivity contribution in [1.82, 2.24) is 9.55 Å². The van der Waals surface area contributed by atoms with Gasteiger partial charge in [-0.25, -0.2) is 0 Å². The first-order valence-corrected chi connectivity index (χ1v) is 9.83. The van der Waals surface area contributed by atoms with E-state index in [0.29, 0.717) is 29.0 Å².